The molecule has 104 valence electrons. The smallest absolute Gasteiger partial charge is 0.220 e. The Labute approximate surface area is 115 Å². The van der Waals surface area contributed by atoms with E-state index in [1.165, 1.54) is 18.4 Å². The zero-order valence-electron chi connectivity index (χ0n) is 11.7. The molecule has 0 bridgehead atoms. The van der Waals surface area contributed by atoms with Crippen molar-refractivity contribution in [3.63, 3.8) is 0 Å². The fourth-order valence-electron chi connectivity index (χ4n) is 2.55. The van der Waals surface area contributed by atoms with Gasteiger partial charge in [-0.15, -0.1) is 0 Å². The van der Waals surface area contributed by atoms with E-state index >= 15 is 0 Å². The van der Waals surface area contributed by atoms with Crippen molar-refractivity contribution >= 4 is 5.91 Å². The van der Waals surface area contributed by atoms with Crippen molar-refractivity contribution in [1.82, 2.24) is 5.32 Å². The molecule has 1 fully saturated rings. The molecule has 1 aromatic rings. The van der Waals surface area contributed by atoms with Crippen LogP contribution < -0.4 is 10.1 Å². The molecule has 1 amide bonds. The van der Waals surface area contributed by atoms with Crippen LogP contribution in [0.5, 0.6) is 5.75 Å². The van der Waals surface area contributed by atoms with Gasteiger partial charge in [0.25, 0.3) is 0 Å². The summed E-state index contributed by atoms with van der Waals surface area (Å²) in [6, 6.07) is 8.43. The highest BCUT2D eigenvalue weighted by Gasteiger charge is 2.16. The molecule has 19 heavy (non-hydrogen) atoms. The first-order valence-corrected chi connectivity index (χ1v) is 7.29. The summed E-state index contributed by atoms with van der Waals surface area (Å²) in [4.78, 5) is 11.8. The summed E-state index contributed by atoms with van der Waals surface area (Å²) in [5.74, 6) is 1.07. The van der Waals surface area contributed by atoms with Crippen LogP contribution in [-0.4, -0.2) is 18.6 Å². The van der Waals surface area contributed by atoms with Crippen molar-refractivity contribution in [2.45, 2.75) is 51.5 Å². The molecule has 1 aliphatic carbocycles. The summed E-state index contributed by atoms with van der Waals surface area (Å²) in [5.41, 5.74) is 1.19. The van der Waals surface area contributed by atoms with Crippen LogP contribution in [0.3, 0.4) is 0 Å². The van der Waals surface area contributed by atoms with Gasteiger partial charge in [0.15, 0.2) is 0 Å². The first-order chi connectivity index (χ1) is 9.28. The second kappa shape index (κ2) is 7.17. The number of ether oxygens (including phenoxy) is 1. The van der Waals surface area contributed by atoms with Gasteiger partial charge in [-0.1, -0.05) is 25.0 Å². The Kier molecular flexibility index (Phi) is 5.25. The van der Waals surface area contributed by atoms with Gasteiger partial charge >= 0.3 is 0 Å². The summed E-state index contributed by atoms with van der Waals surface area (Å²) in [5, 5.41) is 3.12. The van der Waals surface area contributed by atoms with E-state index in [9.17, 15) is 4.79 Å². The lowest BCUT2D eigenvalue weighted by atomic mass is 10.1. The Morgan fingerprint density at radius 1 is 1.26 bits per heavy atom. The van der Waals surface area contributed by atoms with Crippen molar-refractivity contribution in [1.29, 1.82) is 0 Å². The number of hydrogen-bond donors (Lipinski definition) is 1. The number of carbonyl (C=O) groups is 1. The van der Waals surface area contributed by atoms with Crippen LogP contribution in [0.4, 0.5) is 0 Å². The largest absolute Gasteiger partial charge is 0.494 e. The maximum Gasteiger partial charge on any atom is 0.220 e. The first kappa shape index (κ1) is 13.9. The average Bonchev–Trinajstić information content (AvgIpc) is 2.91. The Bertz CT molecular complexity index is 394. The van der Waals surface area contributed by atoms with Crippen LogP contribution in [0.1, 0.15) is 44.6 Å². The molecule has 2 rings (SSSR count). The number of aryl methyl sites for hydroxylation is 1. The lowest BCUT2D eigenvalue weighted by Gasteiger charge is -2.11. The molecule has 0 atom stereocenters. The molecule has 3 nitrogen and oxygen atoms in total. The minimum atomic E-state index is 0.181. The number of rotatable bonds is 6. The van der Waals surface area contributed by atoms with Gasteiger partial charge in [0.2, 0.25) is 5.91 Å². The van der Waals surface area contributed by atoms with Gasteiger partial charge in [-0.2, -0.15) is 0 Å². The number of carbonyl (C=O) groups excluding carboxylic acids is 1. The highest BCUT2D eigenvalue weighted by Crippen LogP contribution is 2.18. The Morgan fingerprint density at radius 3 is 2.58 bits per heavy atom. The molecule has 0 aliphatic heterocycles. The summed E-state index contributed by atoms with van der Waals surface area (Å²) in [6.45, 7) is 2.66. The molecule has 0 radical (unpaired) electrons. The van der Waals surface area contributed by atoms with Gasteiger partial charge in [-0.3, -0.25) is 4.79 Å². The predicted molar refractivity (Wildman–Crippen MR) is 76.3 cm³/mol. The molecule has 1 aromatic carbocycles. The quantitative estimate of drug-likeness (QED) is 0.854. The van der Waals surface area contributed by atoms with Crippen LogP contribution in [-0.2, 0) is 11.2 Å². The van der Waals surface area contributed by atoms with Crippen LogP contribution >= 0.6 is 0 Å². The van der Waals surface area contributed by atoms with Crippen LogP contribution in [0.25, 0.3) is 0 Å². The molecule has 1 saturated carbocycles. The molecular formula is C16H23NO2. The van der Waals surface area contributed by atoms with E-state index < -0.39 is 0 Å². The van der Waals surface area contributed by atoms with Crippen LogP contribution in [0.15, 0.2) is 24.3 Å². The lowest BCUT2D eigenvalue weighted by Crippen LogP contribution is -2.32. The minimum absolute atomic E-state index is 0.181. The van der Waals surface area contributed by atoms with Crippen molar-refractivity contribution in [3.05, 3.63) is 29.8 Å². The summed E-state index contributed by atoms with van der Waals surface area (Å²) in [7, 11) is 0. The second-order valence-electron chi connectivity index (χ2n) is 5.13. The zero-order valence-corrected chi connectivity index (χ0v) is 11.7. The van der Waals surface area contributed by atoms with Gasteiger partial charge < -0.3 is 10.1 Å². The number of nitrogens with one attached hydrogen (secondary N) is 1. The molecule has 1 aliphatic rings. The monoisotopic (exact) mass is 261 g/mol. The lowest BCUT2D eigenvalue weighted by molar-refractivity contribution is -0.121. The van der Waals surface area contributed by atoms with Crippen LogP contribution in [0.2, 0.25) is 0 Å². The van der Waals surface area contributed by atoms with Crippen LogP contribution in [0, 0.1) is 0 Å². The van der Waals surface area contributed by atoms with E-state index in [4.69, 9.17) is 4.74 Å². The predicted octanol–water partition coefficient (Wildman–Crippen LogP) is 3.08. The van der Waals surface area contributed by atoms with Crippen molar-refractivity contribution < 1.29 is 9.53 Å². The van der Waals surface area contributed by atoms with Gasteiger partial charge in [-0.25, -0.2) is 0 Å². The molecule has 0 unspecified atom stereocenters. The van der Waals surface area contributed by atoms with E-state index in [1.807, 2.05) is 31.2 Å². The summed E-state index contributed by atoms with van der Waals surface area (Å²) in [6.07, 6.45) is 6.17. The molecule has 3 heteroatoms. The first-order valence-electron chi connectivity index (χ1n) is 7.29. The zero-order chi connectivity index (χ0) is 13.5. The van der Waals surface area contributed by atoms with Gasteiger partial charge in [0, 0.05) is 12.5 Å². The Morgan fingerprint density at radius 2 is 1.95 bits per heavy atom. The molecule has 0 spiro atoms. The maximum absolute atomic E-state index is 11.8. The van der Waals surface area contributed by atoms with Crippen molar-refractivity contribution in [2.75, 3.05) is 6.61 Å². The Hall–Kier alpha value is -1.51. The average molecular weight is 261 g/mol. The van der Waals surface area contributed by atoms with Crippen molar-refractivity contribution in [2.24, 2.45) is 0 Å². The Balaban J connectivity index is 1.73. The van der Waals surface area contributed by atoms with E-state index in [0.29, 0.717) is 19.1 Å². The third-order valence-corrected chi connectivity index (χ3v) is 3.60. The number of benzene rings is 1. The minimum Gasteiger partial charge on any atom is -0.494 e. The van der Waals surface area contributed by atoms with E-state index in [2.05, 4.69) is 5.32 Å². The normalized spacial score (nSPS) is 15.4. The molecule has 1 N–H and O–H groups in total. The maximum atomic E-state index is 11.8. The van der Waals surface area contributed by atoms with E-state index in [0.717, 1.165) is 25.0 Å². The van der Waals surface area contributed by atoms with E-state index in [-0.39, 0.29) is 5.91 Å². The number of hydrogen-bond acceptors (Lipinski definition) is 2. The topological polar surface area (TPSA) is 38.3 Å². The van der Waals surface area contributed by atoms with Crippen molar-refractivity contribution in [3.8, 4) is 5.75 Å². The summed E-state index contributed by atoms with van der Waals surface area (Å²) < 4.78 is 5.40. The SMILES string of the molecule is CCOc1ccc(CCC(=O)NC2CCCC2)cc1. The fourth-order valence-corrected chi connectivity index (χ4v) is 2.55. The van der Waals surface area contributed by atoms with Gasteiger partial charge in [0.05, 0.1) is 6.61 Å². The fraction of sp³-hybridized carbons (Fsp3) is 0.562. The van der Waals surface area contributed by atoms with Gasteiger partial charge in [-0.05, 0) is 43.9 Å². The second-order valence-corrected chi connectivity index (χ2v) is 5.13. The molecular weight excluding hydrogens is 238 g/mol. The highest BCUT2D eigenvalue weighted by atomic mass is 16.5. The highest BCUT2D eigenvalue weighted by molar-refractivity contribution is 5.76. The number of amides is 1. The third-order valence-electron chi connectivity index (χ3n) is 3.60. The third kappa shape index (κ3) is 4.58. The summed E-state index contributed by atoms with van der Waals surface area (Å²) >= 11 is 0. The molecule has 0 heterocycles. The van der Waals surface area contributed by atoms with Gasteiger partial charge in [0.1, 0.15) is 5.75 Å². The standard InChI is InChI=1S/C16H23NO2/c1-2-19-15-10-7-13(8-11-15)9-12-16(18)17-14-5-3-4-6-14/h7-8,10-11,14H,2-6,9,12H2,1H3,(H,17,18). The molecule has 0 saturated heterocycles. The van der Waals surface area contributed by atoms with E-state index in [1.54, 1.807) is 0 Å². The molecule has 0 aromatic heterocycles.